The Labute approximate surface area is 210 Å². The van der Waals surface area contributed by atoms with E-state index in [1.54, 1.807) is 18.2 Å². The van der Waals surface area contributed by atoms with Gasteiger partial charge in [0.1, 0.15) is 0 Å². The number of aromatic nitrogens is 2. The summed E-state index contributed by atoms with van der Waals surface area (Å²) in [4.78, 5) is 42.9. The average Bonchev–Trinajstić information content (AvgIpc) is 2.91. The van der Waals surface area contributed by atoms with E-state index in [9.17, 15) is 14.4 Å². The zero-order valence-corrected chi connectivity index (χ0v) is 20.1. The molecule has 0 radical (unpaired) electrons. The van der Waals surface area contributed by atoms with Crippen LogP contribution in [0.5, 0.6) is 0 Å². The molecule has 5 aromatic rings. The summed E-state index contributed by atoms with van der Waals surface area (Å²) in [5, 5.41) is 5.72. The van der Waals surface area contributed by atoms with Crippen LogP contribution in [0.4, 0.5) is 5.69 Å². The standard InChI is InChI=1S/C28H21N3O4S/c1-35-27(34)20-12-14-23-24(16-20)30-28(31(26(23)33)22-9-3-2-4-10-22)36-17-25(32)29-21-13-11-18-7-5-6-8-19(18)15-21/h2-16H,17H2,1H3,(H,29,32). The van der Waals surface area contributed by atoms with Crippen molar-refractivity contribution in [1.82, 2.24) is 9.55 Å². The number of nitrogens with one attached hydrogen (secondary N) is 1. The summed E-state index contributed by atoms with van der Waals surface area (Å²) in [6.07, 6.45) is 0. The molecule has 0 aliphatic rings. The minimum Gasteiger partial charge on any atom is -0.465 e. The molecule has 4 aromatic carbocycles. The Balaban J connectivity index is 1.47. The number of thioether (sulfide) groups is 1. The summed E-state index contributed by atoms with van der Waals surface area (Å²) in [6, 6.07) is 27.4. The minimum atomic E-state index is -0.519. The minimum absolute atomic E-state index is 0.0360. The Hall–Kier alpha value is -4.43. The number of methoxy groups -OCH3 is 1. The van der Waals surface area contributed by atoms with Gasteiger partial charge in [0.05, 0.1) is 35.0 Å². The second kappa shape index (κ2) is 10.1. The maximum absolute atomic E-state index is 13.5. The molecule has 1 N–H and O–H groups in total. The van der Waals surface area contributed by atoms with Crippen molar-refractivity contribution in [3.63, 3.8) is 0 Å². The van der Waals surface area contributed by atoms with Crippen molar-refractivity contribution in [3.05, 3.63) is 107 Å². The van der Waals surface area contributed by atoms with Crippen LogP contribution < -0.4 is 10.9 Å². The molecule has 0 spiro atoms. The highest BCUT2D eigenvalue weighted by Gasteiger charge is 2.17. The van der Waals surface area contributed by atoms with Crippen molar-refractivity contribution >= 4 is 51.0 Å². The quantitative estimate of drug-likeness (QED) is 0.201. The lowest BCUT2D eigenvalue weighted by atomic mass is 10.1. The zero-order valence-electron chi connectivity index (χ0n) is 19.3. The predicted molar refractivity (Wildman–Crippen MR) is 142 cm³/mol. The molecule has 0 aliphatic carbocycles. The third-order valence-corrected chi connectivity index (χ3v) is 6.58. The molecule has 5 rings (SSSR count). The Bertz CT molecular complexity index is 1670. The fourth-order valence-electron chi connectivity index (χ4n) is 3.91. The van der Waals surface area contributed by atoms with Gasteiger partial charge >= 0.3 is 5.97 Å². The molecule has 8 heteroatoms. The SMILES string of the molecule is COC(=O)c1ccc2c(=O)n(-c3ccccc3)c(SCC(=O)Nc3ccc4ccccc4c3)nc2c1. The van der Waals surface area contributed by atoms with Crippen molar-refractivity contribution in [3.8, 4) is 5.69 Å². The van der Waals surface area contributed by atoms with E-state index in [-0.39, 0.29) is 17.2 Å². The predicted octanol–water partition coefficient (Wildman–Crippen LogP) is 5.06. The number of rotatable bonds is 6. The topological polar surface area (TPSA) is 90.3 Å². The molecule has 1 heterocycles. The number of esters is 1. The number of amides is 1. The lowest BCUT2D eigenvalue weighted by Gasteiger charge is -2.14. The van der Waals surface area contributed by atoms with Gasteiger partial charge in [-0.25, -0.2) is 9.78 Å². The van der Waals surface area contributed by atoms with Crippen molar-refractivity contribution in [2.45, 2.75) is 5.16 Å². The molecule has 0 saturated heterocycles. The monoisotopic (exact) mass is 495 g/mol. The number of fused-ring (bicyclic) bond motifs is 2. The Morgan fingerprint density at radius 3 is 2.44 bits per heavy atom. The van der Waals surface area contributed by atoms with E-state index in [1.165, 1.54) is 23.8 Å². The van der Waals surface area contributed by atoms with Crippen LogP contribution in [-0.2, 0) is 9.53 Å². The Morgan fingerprint density at radius 1 is 0.917 bits per heavy atom. The molecule has 0 fully saturated rings. The van der Waals surface area contributed by atoms with E-state index < -0.39 is 5.97 Å². The van der Waals surface area contributed by atoms with Gasteiger partial charge in [0, 0.05) is 5.69 Å². The van der Waals surface area contributed by atoms with Crippen molar-refractivity contribution in [2.24, 2.45) is 0 Å². The summed E-state index contributed by atoms with van der Waals surface area (Å²) in [5.41, 5.74) is 1.67. The van der Waals surface area contributed by atoms with E-state index in [0.29, 0.717) is 33.0 Å². The Morgan fingerprint density at radius 2 is 1.67 bits per heavy atom. The number of ether oxygens (including phenoxy) is 1. The van der Waals surface area contributed by atoms with E-state index in [0.717, 1.165) is 22.5 Å². The van der Waals surface area contributed by atoms with Gasteiger partial charge in [-0.15, -0.1) is 0 Å². The first-order valence-corrected chi connectivity index (χ1v) is 12.1. The van der Waals surface area contributed by atoms with Crippen LogP contribution in [0.2, 0.25) is 0 Å². The number of anilines is 1. The number of hydrogen-bond donors (Lipinski definition) is 1. The van der Waals surface area contributed by atoms with Gasteiger partial charge in [0.25, 0.3) is 5.56 Å². The van der Waals surface area contributed by atoms with Crippen LogP contribution in [0.3, 0.4) is 0 Å². The normalized spacial score (nSPS) is 10.9. The van der Waals surface area contributed by atoms with Crippen LogP contribution in [0, 0.1) is 0 Å². The summed E-state index contributed by atoms with van der Waals surface area (Å²) in [6.45, 7) is 0. The lowest BCUT2D eigenvalue weighted by molar-refractivity contribution is -0.113. The molecule has 0 saturated carbocycles. The summed E-state index contributed by atoms with van der Waals surface area (Å²) < 4.78 is 6.27. The van der Waals surface area contributed by atoms with Gasteiger partial charge in [0.15, 0.2) is 5.16 Å². The second-order valence-electron chi connectivity index (χ2n) is 7.99. The molecule has 36 heavy (non-hydrogen) atoms. The van der Waals surface area contributed by atoms with Crippen LogP contribution >= 0.6 is 11.8 Å². The van der Waals surface area contributed by atoms with Crippen LogP contribution in [0.15, 0.2) is 101 Å². The Kier molecular flexibility index (Phi) is 6.51. The van der Waals surface area contributed by atoms with Crippen LogP contribution in [-0.4, -0.2) is 34.3 Å². The fourth-order valence-corrected chi connectivity index (χ4v) is 4.72. The van der Waals surface area contributed by atoms with Crippen LogP contribution in [0.25, 0.3) is 27.4 Å². The molecular weight excluding hydrogens is 474 g/mol. The lowest BCUT2D eigenvalue weighted by Crippen LogP contribution is -2.23. The van der Waals surface area contributed by atoms with E-state index in [1.807, 2.05) is 60.7 Å². The molecule has 178 valence electrons. The van der Waals surface area contributed by atoms with Crippen LogP contribution in [0.1, 0.15) is 10.4 Å². The molecule has 0 bridgehead atoms. The smallest absolute Gasteiger partial charge is 0.337 e. The first-order chi connectivity index (χ1) is 17.5. The number of carbonyl (C=O) groups is 2. The van der Waals surface area contributed by atoms with Gasteiger partial charge in [-0.05, 0) is 53.2 Å². The molecule has 1 amide bonds. The number of benzene rings is 4. The first kappa shape index (κ1) is 23.3. The molecule has 7 nitrogen and oxygen atoms in total. The van der Waals surface area contributed by atoms with Crippen molar-refractivity contribution in [2.75, 3.05) is 18.2 Å². The van der Waals surface area contributed by atoms with Gasteiger partial charge in [-0.3, -0.25) is 14.2 Å². The third-order valence-electron chi connectivity index (χ3n) is 5.64. The number of hydrogen-bond acceptors (Lipinski definition) is 6. The van der Waals surface area contributed by atoms with Gasteiger partial charge in [0.2, 0.25) is 5.91 Å². The maximum Gasteiger partial charge on any atom is 0.337 e. The van der Waals surface area contributed by atoms with Crippen molar-refractivity contribution < 1.29 is 14.3 Å². The van der Waals surface area contributed by atoms with Gasteiger partial charge < -0.3 is 10.1 Å². The summed E-state index contributed by atoms with van der Waals surface area (Å²) >= 11 is 1.15. The highest BCUT2D eigenvalue weighted by Crippen LogP contribution is 2.23. The molecule has 0 unspecified atom stereocenters. The maximum atomic E-state index is 13.5. The number of para-hydroxylation sites is 1. The van der Waals surface area contributed by atoms with E-state index in [4.69, 9.17) is 4.74 Å². The second-order valence-corrected chi connectivity index (χ2v) is 8.94. The van der Waals surface area contributed by atoms with E-state index >= 15 is 0 Å². The van der Waals surface area contributed by atoms with E-state index in [2.05, 4.69) is 10.3 Å². The van der Waals surface area contributed by atoms with Crippen molar-refractivity contribution in [1.29, 1.82) is 0 Å². The largest absolute Gasteiger partial charge is 0.465 e. The first-order valence-electron chi connectivity index (χ1n) is 11.2. The zero-order chi connectivity index (χ0) is 25.1. The fraction of sp³-hybridized carbons (Fsp3) is 0.0714. The highest BCUT2D eigenvalue weighted by atomic mass is 32.2. The molecular formula is C28H21N3O4S. The molecule has 0 aliphatic heterocycles. The number of nitrogens with zero attached hydrogens (tertiary/aromatic N) is 2. The summed E-state index contributed by atoms with van der Waals surface area (Å²) in [7, 11) is 1.29. The van der Waals surface area contributed by atoms with Gasteiger partial charge in [-0.1, -0.05) is 60.3 Å². The summed E-state index contributed by atoms with van der Waals surface area (Å²) in [5.74, 6) is -0.712. The van der Waals surface area contributed by atoms with Gasteiger partial charge in [-0.2, -0.15) is 0 Å². The average molecular weight is 496 g/mol. The number of carbonyl (C=O) groups excluding carboxylic acids is 2. The molecule has 0 atom stereocenters. The third kappa shape index (κ3) is 4.71. The highest BCUT2D eigenvalue weighted by molar-refractivity contribution is 7.99. The molecule has 1 aromatic heterocycles.